The number of rotatable bonds is 8. The minimum Gasteiger partial charge on any atom is -0.497 e. The van der Waals surface area contributed by atoms with Gasteiger partial charge in [0.05, 0.1) is 29.7 Å². The number of aromatic nitrogens is 1. The van der Waals surface area contributed by atoms with Crippen LogP contribution in [-0.4, -0.2) is 80.7 Å². The Labute approximate surface area is 260 Å². The van der Waals surface area contributed by atoms with E-state index in [4.69, 9.17) is 20.9 Å². The smallest absolute Gasteiger partial charge is 0.259 e. The van der Waals surface area contributed by atoms with Gasteiger partial charge < -0.3 is 34.5 Å². The predicted octanol–water partition coefficient (Wildman–Crippen LogP) is 5.40. The number of aryl methyl sites for hydroxylation is 1. The maximum Gasteiger partial charge on any atom is 0.259 e. The number of amides is 2. The van der Waals surface area contributed by atoms with Gasteiger partial charge in [0.1, 0.15) is 22.8 Å². The third-order valence-corrected chi connectivity index (χ3v) is 7.84. The normalized spacial score (nSPS) is 13.3. The molecule has 2 N–H and O–H groups in total. The highest BCUT2D eigenvalue weighted by atomic mass is 35.5. The van der Waals surface area contributed by atoms with Crippen molar-refractivity contribution >= 4 is 46.7 Å². The maximum absolute atomic E-state index is 13.7. The summed E-state index contributed by atoms with van der Waals surface area (Å²) in [4.78, 5) is 32.6. The topological polar surface area (TPSA) is 124 Å². The van der Waals surface area contributed by atoms with E-state index in [0.29, 0.717) is 76.5 Å². The summed E-state index contributed by atoms with van der Waals surface area (Å²) >= 11 is 6.67. The van der Waals surface area contributed by atoms with Crippen LogP contribution in [0.2, 0.25) is 5.02 Å². The predicted molar refractivity (Wildman–Crippen MR) is 171 cm³/mol. The van der Waals surface area contributed by atoms with E-state index in [2.05, 4.69) is 20.5 Å². The molecule has 0 aliphatic carbocycles. The zero-order valence-electron chi connectivity index (χ0n) is 24.9. The minimum absolute atomic E-state index is 0.171. The van der Waals surface area contributed by atoms with Crippen LogP contribution in [0.15, 0.2) is 70.3 Å². The average Bonchev–Trinajstić information content (AvgIpc) is 3.43. The molecule has 11 nitrogen and oxygen atoms in total. The van der Waals surface area contributed by atoms with Gasteiger partial charge in [0.2, 0.25) is 0 Å². The van der Waals surface area contributed by atoms with E-state index in [1.807, 2.05) is 55.4 Å². The van der Waals surface area contributed by atoms with E-state index in [0.717, 1.165) is 11.3 Å². The quantitative estimate of drug-likeness (QED) is 0.153. The maximum atomic E-state index is 13.7. The Bertz CT molecular complexity index is 1690. The van der Waals surface area contributed by atoms with E-state index >= 15 is 0 Å². The number of carbonyl (C=O) groups excluding carboxylic acids is 2. The zero-order chi connectivity index (χ0) is 31.4. The molecule has 0 saturated carbocycles. The number of anilines is 3. The van der Waals surface area contributed by atoms with Crippen molar-refractivity contribution < 1.29 is 24.1 Å². The fourth-order valence-corrected chi connectivity index (χ4v) is 5.39. The van der Waals surface area contributed by atoms with Crippen molar-refractivity contribution in [2.24, 2.45) is 5.16 Å². The number of ether oxygens (including phenoxy) is 1. The molecule has 4 aromatic rings. The highest BCUT2D eigenvalue weighted by Crippen LogP contribution is 2.34. The van der Waals surface area contributed by atoms with Crippen LogP contribution < -0.4 is 19.9 Å². The third-order valence-electron chi connectivity index (χ3n) is 7.54. The average molecular weight is 617 g/mol. The van der Waals surface area contributed by atoms with Gasteiger partial charge in [-0.3, -0.25) is 9.59 Å². The molecule has 0 atom stereocenters. The highest BCUT2D eigenvalue weighted by Gasteiger charge is 2.29. The Morgan fingerprint density at radius 1 is 1.09 bits per heavy atom. The van der Waals surface area contributed by atoms with Gasteiger partial charge in [0.15, 0.2) is 0 Å². The molecule has 2 heterocycles. The molecule has 1 aromatic heterocycles. The van der Waals surface area contributed by atoms with Gasteiger partial charge in [-0.05, 0) is 55.5 Å². The van der Waals surface area contributed by atoms with Crippen LogP contribution in [0.3, 0.4) is 0 Å². The van der Waals surface area contributed by atoms with Gasteiger partial charge in [-0.1, -0.05) is 34.0 Å². The van der Waals surface area contributed by atoms with E-state index in [-0.39, 0.29) is 11.8 Å². The first-order valence-corrected chi connectivity index (χ1v) is 14.3. The van der Waals surface area contributed by atoms with Gasteiger partial charge >= 0.3 is 0 Å². The molecule has 0 bridgehead atoms. The van der Waals surface area contributed by atoms with Crippen molar-refractivity contribution in [2.75, 3.05) is 62.5 Å². The van der Waals surface area contributed by atoms with Gasteiger partial charge in [-0.25, -0.2) is 0 Å². The number of piperazine rings is 1. The van der Waals surface area contributed by atoms with Crippen molar-refractivity contribution in [3.05, 3.63) is 88.1 Å². The standard InChI is InChI=1S/C32H33ClN6O5/c1-20-29(30(36-44-20)22-6-5-7-25(16-22)43-4)32(41)39-14-12-38(13-15-39)28-18-27(23(19-34-42)17-26(28)33)35-31(40)21-8-10-24(11-9-21)37(2)3/h5-11,16-19,42H,12-15H2,1-4H3,(H,35,40)/b34-19+. The first-order valence-electron chi connectivity index (χ1n) is 13.9. The van der Waals surface area contributed by atoms with Crippen molar-refractivity contribution in [1.29, 1.82) is 0 Å². The van der Waals surface area contributed by atoms with Gasteiger partial charge in [-0.2, -0.15) is 0 Å². The molecule has 1 saturated heterocycles. The summed E-state index contributed by atoms with van der Waals surface area (Å²) in [5, 5.41) is 19.9. The molecule has 1 aliphatic heterocycles. The van der Waals surface area contributed by atoms with E-state index in [1.165, 1.54) is 6.21 Å². The lowest BCUT2D eigenvalue weighted by Crippen LogP contribution is -2.49. The summed E-state index contributed by atoms with van der Waals surface area (Å²) in [7, 11) is 5.44. The lowest BCUT2D eigenvalue weighted by Gasteiger charge is -2.36. The molecular formula is C32H33ClN6O5. The summed E-state index contributed by atoms with van der Waals surface area (Å²) in [6.45, 7) is 3.58. The zero-order valence-corrected chi connectivity index (χ0v) is 25.6. The molecule has 0 radical (unpaired) electrons. The molecule has 1 aliphatic rings. The van der Waals surface area contributed by atoms with Gasteiger partial charge in [0.25, 0.3) is 11.8 Å². The Hall–Kier alpha value is -5.03. The SMILES string of the molecule is COc1cccc(-c2noc(C)c2C(=O)N2CCN(c3cc(NC(=O)c4ccc(N(C)C)cc4)c(/C=N/O)cc3Cl)CC2)c1. The van der Waals surface area contributed by atoms with Crippen molar-refractivity contribution in [3.63, 3.8) is 0 Å². The van der Waals surface area contributed by atoms with Crippen molar-refractivity contribution in [2.45, 2.75) is 6.92 Å². The minimum atomic E-state index is -0.317. The van der Waals surface area contributed by atoms with Gasteiger partial charge in [-0.15, -0.1) is 0 Å². The molecule has 0 unspecified atom stereocenters. The van der Waals surface area contributed by atoms with Crippen molar-refractivity contribution in [1.82, 2.24) is 10.1 Å². The molecule has 228 valence electrons. The summed E-state index contributed by atoms with van der Waals surface area (Å²) in [6.07, 6.45) is 1.22. The number of nitrogens with one attached hydrogen (secondary N) is 1. The van der Waals surface area contributed by atoms with E-state index < -0.39 is 0 Å². The second-order valence-electron chi connectivity index (χ2n) is 10.5. The lowest BCUT2D eigenvalue weighted by atomic mass is 10.0. The fraction of sp³-hybridized carbons (Fsp3) is 0.250. The summed E-state index contributed by atoms with van der Waals surface area (Å²) < 4.78 is 10.8. The van der Waals surface area contributed by atoms with Crippen LogP contribution in [0.25, 0.3) is 11.3 Å². The summed E-state index contributed by atoms with van der Waals surface area (Å²) in [5.41, 5.74) is 4.62. The molecule has 0 spiro atoms. The second kappa shape index (κ2) is 13.1. The van der Waals surface area contributed by atoms with Crippen LogP contribution in [-0.2, 0) is 0 Å². The Kier molecular flexibility index (Phi) is 9.05. The number of methoxy groups -OCH3 is 1. The Morgan fingerprint density at radius 2 is 1.82 bits per heavy atom. The molecule has 5 rings (SSSR count). The number of hydrogen-bond donors (Lipinski definition) is 2. The number of nitrogens with zero attached hydrogens (tertiary/aromatic N) is 5. The molecular weight excluding hydrogens is 584 g/mol. The third kappa shape index (κ3) is 6.32. The van der Waals surface area contributed by atoms with Crippen LogP contribution in [0.5, 0.6) is 5.75 Å². The van der Waals surface area contributed by atoms with Crippen LogP contribution in [0, 0.1) is 6.92 Å². The second-order valence-corrected chi connectivity index (χ2v) is 10.9. The highest BCUT2D eigenvalue weighted by molar-refractivity contribution is 6.34. The lowest BCUT2D eigenvalue weighted by molar-refractivity contribution is 0.0745. The number of halogens is 1. The number of hydrogen-bond acceptors (Lipinski definition) is 9. The fourth-order valence-electron chi connectivity index (χ4n) is 5.10. The van der Waals surface area contributed by atoms with Crippen LogP contribution >= 0.6 is 11.6 Å². The molecule has 44 heavy (non-hydrogen) atoms. The Balaban J connectivity index is 1.33. The molecule has 12 heteroatoms. The summed E-state index contributed by atoms with van der Waals surface area (Å²) in [5.74, 6) is 0.606. The number of benzene rings is 3. The number of oxime groups is 1. The summed E-state index contributed by atoms with van der Waals surface area (Å²) in [6, 6.07) is 17.9. The number of carbonyl (C=O) groups is 2. The van der Waals surface area contributed by atoms with Crippen molar-refractivity contribution in [3.8, 4) is 17.0 Å². The Morgan fingerprint density at radius 3 is 2.48 bits per heavy atom. The largest absolute Gasteiger partial charge is 0.497 e. The molecule has 3 aromatic carbocycles. The first-order chi connectivity index (χ1) is 21.2. The van der Waals surface area contributed by atoms with E-state index in [9.17, 15) is 14.8 Å². The molecule has 2 amide bonds. The van der Waals surface area contributed by atoms with E-state index in [1.54, 1.807) is 43.2 Å². The van der Waals surface area contributed by atoms with Gasteiger partial charge in [0, 0.05) is 62.7 Å². The van der Waals surface area contributed by atoms with Crippen LogP contribution in [0.1, 0.15) is 32.0 Å². The monoisotopic (exact) mass is 616 g/mol. The first kappa shape index (κ1) is 30.4. The molecule has 1 fully saturated rings. The van der Waals surface area contributed by atoms with Crippen LogP contribution in [0.4, 0.5) is 17.1 Å².